The van der Waals surface area contributed by atoms with Crippen LogP contribution in [0.4, 0.5) is 0 Å². The smallest absolute Gasteiger partial charge is 0.258 e. The molecule has 2 aromatic carbocycles. The van der Waals surface area contributed by atoms with Crippen LogP contribution < -0.4 is 15.2 Å². The summed E-state index contributed by atoms with van der Waals surface area (Å²) in [6.45, 7) is 1.65. The molecule has 0 aliphatic heterocycles. The summed E-state index contributed by atoms with van der Waals surface area (Å²) in [5.41, 5.74) is 7.19. The van der Waals surface area contributed by atoms with Gasteiger partial charge < -0.3 is 20.1 Å². The molecule has 0 radical (unpaired) electrons. The van der Waals surface area contributed by atoms with Gasteiger partial charge in [-0.2, -0.15) is 0 Å². The van der Waals surface area contributed by atoms with Crippen molar-refractivity contribution in [3.8, 4) is 11.5 Å². The number of methoxy groups -OCH3 is 2. The molecule has 5 nitrogen and oxygen atoms in total. The molecule has 1 amide bonds. The van der Waals surface area contributed by atoms with Crippen LogP contribution in [0.15, 0.2) is 48.5 Å². The molecule has 0 aromatic heterocycles. The van der Waals surface area contributed by atoms with Gasteiger partial charge in [-0.05, 0) is 36.7 Å². The van der Waals surface area contributed by atoms with Crippen molar-refractivity contribution in [2.75, 3.05) is 27.3 Å². The lowest BCUT2D eigenvalue weighted by atomic mass is 10.1. The maximum absolute atomic E-state index is 13.1. The van der Waals surface area contributed by atoms with Gasteiger partial charge in [0, 0.05) is 13.1 Å². The van der Waals surface area contributed by atoms with E-state index < -0.39 is 0 Å². The van der Waals surface area contributed by atoms with Crippen molar-refractivity contribution < 1.29 is 14.3 Å². The van der Waals surface area contributed by atoms with Crippen molar-refractivity contribution in [2.24, 2.45) is 5.73 Å². The lowest BCUT2D eigenvalue weighted by Gasteiger charge is -2.24. The van der Waals surface area contributed by atoms with Crippen LogP contribution >= 0.6 is 12.4 Å². The molecule has 0 atom stereocenters. The van der Waals surface area contributed by atoms with E-state index in [0.717, 1.165) is 12.0 Å². The fourth-order valence-corrected chi connectivity index (χ4v) is 2.49. The molecule has 0 aliphatic carbocycles. The molecular weight excluding hydrogens is 340 g/mol. The molecule has 0 spiro atoms. The predicted molar refractivity (Wildman–Crippen MR) is 102 cm³/mol. The number of nitrogens with two attached hydrogens (primary N) is 1. The van der Waals surface area contributed by atoms with Gasteiger partial charge in [0.1, 0.15) is 11.5 Å². The van der Waals surface area contributed by atoms with Crippen molar-refractivity contribution in [3.05, 3.63) is 59.7 Å². The number of carbonyl (C=O) groups is 1. The highest BCUT2D eigenvalue weighted by atomic mass is 35.5. The molecular formula is C19H25ClN2O3. The van der Waals surface area contributed by atoms with Crippen molar-refractivity contribution in [3.63, 3.8) is 0 Å². The van der Waals surface area contributed by atoms with Gasteiger partial charge in [0.15, 0.2) is 0 Å². The molecule has 2 N–H and O–H groups in total. The molecule has 0 aliphatic rings. The number of nitrogens with zero attached hydrogens (tertiary/aromatic N) is 1. The quantitative estimate of drug-likeness (QED) is 0.781. The number of halogens is 1. The summed E-state index contributed by atoms with van der Waals surface area (Å²) < 4.78 is 10.6. The van der Waals surface area contributed by atoms with E-state index in [1.165, 1.54) is 0 Å². The van der Waals surface area contributed by atoms with E-state index in [9.17, 15) is 4.79 Å². The van der Waals surface area contributed by atoms with Crippen molar-refractivity contribution in [1.29, 1.82) is 0 Å². The average Bonchev–Trinajstić information content (AvgIpc) is 2.64. The topological polar surface area (TPSA) is 64.8 Å². The van der Waals surface area contributed by atoms with Gasteiger partial charge in [-0.1, -0.05) is 30.3 Å². The molecule has 0 fully saturated rings. The van der Waals surface area contributed by atoms with Crippen LogP contribution in [0, 0.1) is 0 Å². The van der Waals surface area contributed by atoms with Gasteiger partial charge in [-0.25, -0.2) is 0 Å². The highest BCUT2D eigenvalue weighted by Gasteiger charge is 2.20. The monoisotopic (exact) mass is 364 g/mol. The summed E-state index contributed by atoms with van der Waals surface area (Å²) in [7, 11) is 3.13. The van der Waals surface area contributed by atoms with Crippen molar-refractivity contribution in [2.45, 2.75) is 13.0 Å². The van der Waals surface area contributed by atoms with Crippen molar-refractivity contribution in [1.82, 2.24) is 4.90 Å². The Morgan fingerprint density at radius 1 is 1.08 bits per heavy atom. The Hall–Kier alpha value is -2.24. The SMILES string of the molecule is COc1ccc(OC)c(C(=O)N(CCCN)Cc2ccccc2)c1.Cl. The van der Waals surface area contributed by atoms with Crippen molar-refractivity contribution >= 4 is 18.3 Å². The zero-order chi connectivity index (χ0) is 17.4. The Morgan fingerprint density at radius 2 is 1.80 bits per heavy atom. The van der Waals surface area contributed by atoms with E-state index in [1.807, 2.05) is 30.3 Å². The molecule has 0 saturated heterocycles. The van der Waals surface area contributed by atoms with Gasteiger partial charge in [0.25, 0.3) is 5.91 Å². The normalized spacial score (nSPS) is 9.88. The van der Waals surface area contributed by atoms with Crippen LogP contribution in [0.25, 0.3) is 0 Å². The predicted octanol–water partition coefficient (Wildman–Crippen LogP) is 3.12. The molecule has 2 rings (SSSR count). The third-order valence-corrected chi connectivity index (χ3v) is 3.77. The minimum Gasteiger partial charge on any atom is -0.497 e. The van der Waals surface area contributed by atoms with Crippen LogP contribution in [0.2, 0.25) is 0 Å². The van der Waals surface area contributed by atoms with E-state index in [4.69, 9.17) is 15.2 Å². The van der Waals surface area contributed by atoms with Crippen LogP contribution in [0.1, 0.15) is 22.3 Å². The summed E-state index contributed by atoms with van der Waals surface area (Å²) >= 11 is 0. The van der Waals surface area contributed by atoms with E-state index in [1.54, 1.807) is 37.3 Å². The zero-order valence-electron chi connectivity index (χ0n) is 14.6. The van der Waals surface area contributed by atoms with E-state index in [0.29, 0.717) is 36.7 Å². The first-order valence-corrected chi connectivity index (χ1v) is 7.95. The summed E-state index contributed by atoms with van der Waals surface area (Å²) in [4.78, 5) is 14.8. The first-order valence-electron chi connectivity index (χ1n) is 7.95. The maximum atomic E-state index is 13.1. The minimum atomic E-state index is -0.0944. The summed E-state index contributed by atoms with van der Waals surface area (Å²) in [5.74, 6) is 1.06. The maximum Gasteiger partial charge on any atom is 0.258 e. The van der Waals surface area contributed by atoms with Gasteiger partial charge >= 0.3 is 0 Å². The fourth-order valence-electron chi connectivity index (χ4n) is 2.49. The van der Waals surface area contributed by atoms with E-state index in [2.05, 4.69) is 0 Å². The Kier molecular flexibility index (Phi) is 8.81. The molecule has 136 valence electrons. The van der Waals surface area contributed by atoms with Gasteiger partial charge in [-0.15, -0.1) is 12.4 Å². The molecule has 25 heavy (non-hydrogen) atoms. The number of benzene rings is 2. The van der Waals surface area contributed by atoms with E-state index in [-0.39, 0.29) is 18.3 Å². The lowest BCUT2D eigenvalue weighted by Crippen LogP contribution is -2.32. The molecule has 2 aromatic rings. The van der Waals surface area contributed by atoms with Crippen LogP contribution in [0.3, 0.4) is 0 Å². The molecule has 0 saturated carbocycles. The zero-order valence-corrected chi connectivity index (χ0v) is 15.4. The standard InChI is InChI=1S/C19H24N2O3.ClH/c1-23-16-9-10-18(24-2)17(13-16)19(22)21(12-6-11-20)14-15-7-4-3-5-8-15;/h3-5,7-10,13H,6,11-12,14,20H2,1-2H3;1H. The number of amides is 1. The van der Waals surface area contributed by atoms with Crippen LogP contribution in [0.5, 0.6) is 11.5 Å². The van der Waals surface area contributed by atoms with Gasteiger partial charge in [0.2, 0.25) is 0 Å². The Balaban J connectivity index is 0.00000312. The number of hydrogen-bond donors (Lipinski definition) is 1. The number of carbonyl (C=O) groups excluding carboxylic acids is 1. The number of rotatable bonds is 8. The number of hydrogen-bond acceptors (Lipinski definition) is 4. The summed E-state index contributed by atoms with van der Waals surface area (Å²) in [5, 5.41) is 0. The lowest BCUT2D eigenvalue weighted by molar-refractivity contribution is 0.0738. The second kappa shape index (κ2) is 10.6. The molecule has 0 heterocycles. The average molecular weight is 365 g/mol. The summed E-state index contributed by atoms with van der Waals surface area (Å²) in [6.07, 6.45) is 0.741. The van der Waals surface area contributed by atoms with Gasteiger partial charge in [-0.3, -0.25) is 4.79 Å². The second-order valence-electron chi connectivity index (χ2n) is 5.42. The van der Waals surface area contributed by atoms with Gasteiger partial charge in [0.05, 0.1) is 19.8 Å². The highest BCUT2D eigenvalue weighted by molar-refractivity contribution is 5.97. The first kappa shape index (κ1) is 20.8. The van der Waals surface area contributed by atoms with Crippen LogP contribution in [-0.4, -0.2) is 38.1 Å². The third-order valence-electron chi connectivity index (χ3n) is 3.77. The first-order chi connectivity index (χ1) is 11.7. The Morgan fingerprint density at radius 3 is 2.40 bits per heavy atom. The van der Waals surface area contributed by atoms with E-state index >= 15 is 0 Å². The third kappa shape index (κ3) is 5.66. The minimum absolute atomic E-state index is 0. The fraction of sp³-hybridized carbons (Fsp3) is 0.316. The molecule has 0 bridgehead atoms. The Bertz CT molecular complexity index is 665. The Labute approximate surface area is 155 Å². The highest BCUT2D eigenvalue weighted by Crippen LogP contribution is 2.26. The summed E-state index contributed by atoms with van der Waals surface area (Å²) in [6, 6.07) is 15.1. The number of ether oxygens (including phenoxy) is 2. The molecule has 6 heteroatoms. The second-order valence-corrected chi connectivity index (χ2v) is 5.42. The van der Waals surface area contributed by atoms with Crippen LogP contribution in [-0.2, 0) is 6.54 Å². The molecule has 0 unspecified atom stereocenters. The largest absolute Gasteiger partial charge is 0.497 e.